The number of amides is 2. The number of nitrogens with one attached hydrogen (secondary N) is 1. The van der Waals surface area contributed by atoms with Crippen LogP contribution in [-0.2, 0) is 9.59 Å². The second kappa shape index (κ2) is 5.38. The van der Waals surface area contributed by atoms with Crippen molar-refractivity contribution in [3.63, 3.8) is 0 Å². The molecule has 20 heavy (non-hydrogen) atoms. The topological polar surface area (TPSA) is 49.4 Å². The number of carbonyl (C=O) groups excluding carboxylic acids is 2. The monoisotopic (exact) mass is 278 g/mol. The quantitative estimate of drug-likeness (QED) is 0.855. The summed E-state index contributed by atoms with van der Waals surface area (Å²) >= 11 is 0. The highest BCUT2D eigenvalue weighted by molar-refractivity contribution is 5.90. The largest absolute Gasteiger partial charge is 0.344 e. The molecule has 4 atom stereocenters. The molecule has 112 valence electrons. The van der Waals surface area contributed by atoms with Crippen molar-refractivity contribution in [2.24, 2.45) is 23.7 Å². The maximum absolute atomic E-state index is 12.6. The Labute approximate surface area is 121 Å². The van der Waals surface area contributed by atoms with Gasteiger partial charge in [0.2, 0.25) is 11.8 Å². The molecule has 0 aromatic rings. The summed E-state index contributed by atoms with van der Waals surface area (Å²) in [6, 6.07) is -0.330. The van der Waals surface area contributed by atoms with Gasteiger partial charge in [0.1, 0.15) is 6.04 Å². The summed E-state index contributed by atoms with van der Waals surface area (Å²) in [5, 5.41) is 2.89. The summed E-state index contributed by atoms with van der Waals surface area (Å²) in [4.78, 5) is 26.4. The summed E-state index contributed by atoms with van der Waals surface area (Å²) in [6.45, 7) is 5.48. The van der Waals surface area contributed by atoms with E-state index in [1.165, 1.54) is 25.7 Å². The Morgan fingerprint density at radius 3 is 2.65 bits per heavy atom. The lowest BCUT2D eigenvalue weighted by atomic mass is 9.88. The van der Waals surface area contributed by atoms with Crippen LogP contribution in [0.5, 0.6) is 0 Å². The third-order valence-electron chi connectivity index (χ3n) is 5.51. The molecular formula is C16H26N2O2. The van der Waals surface area contributed by atoms with Crippen LogP contribution in [0, 0.1) is 23.7 Å². The predicted molar refractivity (Wildman–Crippen MR) is 76.9 cm³/mol. The van der Waals surface area contributed by atoms with E-state index in [0.717, 1.165) is 18.4 Å². The highest BCUT2D eigenvalue weighted by Crippen LogP contribution is 2.48. The zero-order valence-corrected chi connectivity index (χ0v) is 12.6. The molecule has 0 spiro atoms. The lowest BCUT2D eigenvalue weighted by molar-refractivity contribution is -0.135. The van der Waals surface area contributed by atoms with E-state index in [0.29, 0.717) is 18.9 Å². The number of hydrogen-bond acceptors (Lipinski definition) is 2. The molecule has 1 heterocycles. The molecule has 0 aromatic carbocycles. The minimum atomic E-state index is -0.330. The summed E-state index contributed by atoms with van der Waals surface area (Å²) in [5.74, 6) is 2.73. The Morgan fingerprint density at radius 1 is 1.25 bits per heavy atom. The third kappa shape index (κ3) is 2.57. The second-order valence-electron chi connectivity index (χ2n) is 7.26. The van der Waals surface area contributed by atoms with E-state index in [2.05, 4.69) is 5.32 Å². The van der Waals surface area contributed by atoms with Crippen LogP contribution >= 0.6 is 0 Å². The number of hydrogen-bond donors (Lipinski definition) is 1. The van der Waals surface area contributed by atoms with Crippen LogP contribution in [-0.4, -0.2) is 35.8 Å². The van der Waals surface area contributed by atoms with Gasteiger partial charge in [0.15, 0.2) is 0 Å². The SMILES string of the molecule is CC(C)C1NC(=O)CCN(CC2CC3CCC2C3)C1=O. The van der Waals surface area contributed by atoms with Gasteiger partial charge in [0.05, 0.1) is 0 Å². The van der Waals surface area contributed by atoms with Crippen LogP contribution in [0.2, 0.25) is 0 Å². The van der Waals surface area contributed by atoms with Crippen molar-refractivity contribution < 1.29 is 9.59 Å². The summed E-state index contributed by atoms with van der Waals surface area (Å²) in [6.07, 6.45) is 5.86. The van der Waals surface area contributed by atoms with Crippen molar-refractivity contribution in [1.82, 2.24) is 10.2 Å². The van der Waals surface area contributed by atoms with Gasteiger partial charge in [-0.2, -0.15) is 0 Å². The summed E-state index contributed by atoms with van der Waals surface area (Å²) < 4.78 is 0. The molecule has 0 aromatic heterocycles. The molecule has 3 fully saturated rings. The predicted octanol–water partition coefficient (Wildman–Crippen LogP) is 1.80. The molecule has 0 radical (unpaired) electrons. The van der Waals surface area contributed by atoms with E-state index in [-0.39, 0.29) is 23.8 Å². The molecular weight excluding hydrogens is 252 g/mol. The van der Waals surface area contributed by atoms with E-state index < -0.39 is 0 Å². The number of carbonyl (C=O) groups is 2. The number of nitrogens with zero attached hydrogens (tertiary/aromatic N) is 1. The Balaban J connectivity index is 1.68. The van der Waals surface area contributed by atoms with Crippen molar-refractivity contribution in [3.8, 4) is 0 Å². The molecule has 2 aliphatic carbocycles. The fraction of sp³-hybridized carbons (Fsp3) is 0.875. The molecule has 4 nitrogen and oxygen atoms in total. The van der Waals surface area contributed by atoms with Crippen molar-refractivity contribution >= 4 is 11.8 Å². The Bertz CT molecular complexity index is 407. The van der Waals surface area contributed by atoms with Gasteiger partial charge >= 0.3 is 0 Å². The van der Waals surface area contributed by atoms with Crippen molar-refractivity contribution in [1.29, 1.82) is 0 Å². The van der Waals surface area contributed by atoms with Crippen LogP contribution in [0.15, 0.2) is 0 Å². The molecule has 2 bridgehead atoms. The number of rotatable bonds is 3. The average molecular weight is 278 g/mol. The van der Waals surface area contributed by atoms with Crippen molar-refractivity contribution in [2.75, 3.05) is 13.1 Å². The van der Waals surface area contributed by atoms with Crippen LogP contribution in [0.25, 0.3) is 0 Å². The zero-order chi connectivity index (χ0) is 14.3. The standard InChI is InChI=1S/C16H26N2O2/c1-10(2)15-16(20)18(6-5-14(19)17-15)9-13-8-11-3-4-12(13)7-11/h10-13,15H,3-9H2,1-2H3,(H,17,19). The fourth-order valence-electron chi connectivity index (χ4n) is 4.37. The van der Waals surface area contributed by atoms with Gasteiger partial charge in [0.25, 0.3) is 0 Å². The van der Waals surface area contributed by atoms with Gasteiger partial charge in [-0.25, -0.2) is 0 Å². The molecule has 3 aliphatic rings. The Kier molecular flexibility index (Phi) is 3.74. The van der Waals surface area contributed by atoms with Gasteiger partial charge in [-0.15, -0.1) is 0 Å². The van der Waals surface area contributed by atoms with E-state index >= 15 is 0 Å². The molecule has 1 N–H and O–H groups in total. The van der Waals surface area contributed by atoms with Crippen LogP contribution < -0.4 is 5.32 Å². The van der Waals surface area contributed by atoms with Crippen LogP contribution in [0.1, 0.15) is 46.0 Å². The Morgan fingerprint density at radius 2 is 2.05 bits per heavy atom. The maximum Gasteiger partial charge on any atom is 0.245 e. The van der Waals surface area contributed by atoms with E-state index in [1.807, 2.05) is 18.7 Å². The molecule has 4 heteroatoms. The highest BCUT2D eigenvalue weighted by Gasteiger charge is 2.41. The van der Waals surface area contributed by atoms with Gasteiger partial charge < -0.3 is 10.2 Å². The van der Waals surface area contributed by atoms with E-state index in [4.69, 9.17) is 0 Å². The maximum atomic E-state index is 12.6. The average Bonchev–Trinajstić information content (AvgIpc) is 2.98. The smallest absolute Gasteiger partial charge is 0.245 e. The minimum Gasteiger partial charge on any atom is -0.344 e. The fourth-order valence-corrected chi connectivity index (χ4v) is 4.37. The molecule has 4 unspecified atom stereocenters. The molecule has 2 saturated carbocycles. The van der Waals surface area contributed by atoms with Crippen molar-refractivity contribution in [3.05, 3.63) is 0 Å². The van der Waals surface area contributed by atoms with Crippen LogP contribution in [0.4, 0.5) is 0 Å². The first-order chi connectivity index (χ1) is 9.54. The first-order valence-electron chi connectivity index (χ1n) is 8.12. The van der Waals surface area contributed by atoms with Gasteiger partial charge in [-0.05, 0) is 42.9 Å². The first kappa shape index (κ1) is 13.9. The van der Waals surface area contributed by atoms with Gasteiger partial charge in [-0.1, -0.05) is 20.3 Å². The third-order valence-corrected chi connectivity index (χ3v) is 5.51. The van der Waals surface area contributed by atoms with E-state index in [1.54, 1.807) is 0 Å². The molecule has 1 saturated heterocycles. The second-order valence-corrected chi connectivity index (χ2v) is 7.26. The molecule has 2 amide bonds. The summed E-state index contributed by atoms with van der Waals surface area (Å²) in [7, 11) is 0. The lowest BCUT2D eigenvalue weighted by Crippen LogP contribution is -2.49. The normalized spacial score (nSPS) is 37.5. The lowest BCUT2D eigenvalue weighted by Gasteiger charge is -2.31. The summed E-state index contributed by atoms with van der Waals surface area (Å²) in [5.41, 5.74) is 0. The molecule has 3 rings (SSSR count). The number of fused-ring (bicyclic) bond motifs is 2. The van der Waals surface area contributed by atoms with Gasteiger partial charge in [0, 0.05) is 19.5 Å². The Hall–Kier alpha value is -1.06. The van der Waals surface area contributed by atoms with E-state index in [9.17, 15) is 9.59 Å². The van der Waals surface area contributed by atoms with Crippen LogP contribution in [0.3, 0.4) is 0 Å². The molecule has 1 aliphatic heterocycles. The zero-order valence-electron chi connectivity index (χ0n) is 12.6. The minimum absolute atomic E-state index is 0.0208. The van der Waals surface area contributed by atoms with Crippen molar-refractivity contribution in [2.45, 2.75) is 52.0 Å². The van der Waals surface area contributed by atoms with Gasteiger partial charge in [-0.3, -0.25) is 9.59 Å². The first-order valence-corrected chi connectivity index (χ1v) is 8.12. The highest BCUT2D eigenvalue weighted by atomic mass is 16.2.